The van der Waals surface area contributed by atoms with Crippen LogP contribution in [0.25, 0.3) is 11.0 Å². The third-order valence-corrected chi connectivity index (χ3v) is 3.93. The molecule has 1 aromatic carbocycles. The fourth-order valence-corrected chi connectivity index (χ4v) is 2.67. The molecule has 3 aromatic rings. The molecule has 0 aliphatic carbocycles. The first-order valence-corrected chi connectivity index (χ1v) is 8.68. The summed E-state index contributed by atoms with van der Waals surface area (Å²) >= 11 is 0. The SMILES string of the molecule is CCNC(=NCCn1cc(C)cn1)NC(C)c1cc2ccccc2o1.I. The second kappa shape index (κ2) is 9.61. The normalized spacial score (nSPS) is 12.7. The zero-order valence-electron chi connectivity index (χ0n) is 15.4. The van der Waals surface area contributed by atoms with E-state index < -0.39 is 0 Å². The van der Waals surface area contributed by atoms with Gasteiger partial charge < -0.3 is 15.1 Å². The second-order valence-corrected chi connectivity index (χ2v) is 6.09. The summed E-state index contributed by atoms with van der Waals surface area (Å²) in [5.74, 6) is 1.67. The van der Waals surface area contributed by atoms with Crippen LogP contribution in [0.15, 0.2) is 52.1 Å². The molecule has 6 nitrogen and oxygen atoms in total. The van der Waals surface area contributed by atoms with E-state index in [9.17, 15) is 0 Å². The summed E-state index contributed by atoms with van der Waals surface area (Å²) in [4.78, 5) is 4.63. The van der Waals surface area contributed by atoms with Crippen LogP contribution in [-0.2, 0) is 6.54 Å². The van der Waals surface area contributed by atoms with Gasteiger partial charge in [-0.2, -0.15) is 5.10 Å². The van der Waals surface area contributed by atoms with E-state index in [1.807, 2.05) is 42.2 Å². The van der Waals surface area contributed by atoms with E-state index in [0.29, 0.717) is 6.54 Å². The number of hydrogen-bond donors (Lipinski definition) is 2. The first-order chi connectivity index (χ1) is 12.2. The molecule has 1 unspecified atom stereocenters. The molecule has 0 saturated carbocycles. The zero-order chi connectivity index (χ0) is 17.6. The number of furan rings is 1. The maximum atomic E-state index is 5.93. The van der Waals surface area contributed by atoms with E-state index in [-0.39, 0.29) is 30.0 Å². The van der Waals surface area contributed by atoms with E-state index in [1.165, 1.54) is 0 Å². The van der Waals surface area contributed by atoms with Crippen LogP contribution in [0.3, 0.4) is 0 Å². The smallest absolute Gasteiger partial charge is 0.191 e. The van der Waals surface area contributed by atoms with Crippen molar-refractivity contribution in [1.82, 2.24) is 20.4 Å². The van der Waals surface area contributed by atoms with Gasteiger partial charge in [0, 0.05) is 18.1 Å². The van der Waals surface area contributed by atoms with Gasteiger partial charge in [0.05, 0.1) is 25.3 Å². The number of aryl methyl sites for hydroxylation is 1. The molecular formula is C19H26IN5O. The average molecular weight is 467 g/mol. The van der Waals surface area contributed by atoms with Crippen molar-refractivity contribution in [3.05, 3.63) is 54.0 Å². The van der Waals surface area contributed by atoms with Crippen LogP contribution in [0.4, 0.5) is 0 Å². The van der Waals surface area contributed by atoms with Crippen LogP contribution >= 0.6 is 24.0 Å². The quantitative estimate of drug-likeness (QED) is 0.328. The average Bonchev–Trinajstić information content (AvgIpc) is 3.21. The molecule has 7 heteroatoms. The Morgan fingerprint density at radius 2 is 2.15 bits per heavy atom. The van der Waals surface area contributed by atoms with Gasteiger partial charge >= 0.3 is 0 Å². The topological polar surface area (TPSA) is 67.4 Å². The molecule has 0 bridgehead atoms. The fourth-order valence-electron chi connectivity index (χ4n) is 2.67. The molecule has 2 heterocycles. The monoisotopic (exact) mass is 467 g/mol. The van der Waals surface area contributed by atoms with E-state index in [4.69, 9.17) is 4.42 Å². The van der Waals surface area contributed by atoms with Crippen molar-refractivity contribution in [2.45, 2.75) is 33.4 Å². The van der Waals surface area contributed by atoms with Gasteiger partial charge in [0.25, 0.3) is 0 Å². The van der Waals surface area contributed by atoms with Crippen LogP contribution in [0.1, 0.15) is 31.2 Å². The molecule has 2 aromatic heterocycles. The number of benzene rings is 1. The summed E-state index contributed by atoms with van der Waals surface area (Å²) in [7, 11) is 0. The Bertz CT molecular complexity index is 821. The number of nitrogens with one attached hydrogen (secondary N) is 2. The van der Waals surface area contributed by atoms with Crippen molar-refractivity contribution in [3.63, 3.8) is 0 Å². The van der Waals surface area contributed by atoms with Crippen LogP contribution in [0, 0.1) is 6.92 Å². The van der Waals surface area contributed by atoms with Gasteiger partial charge in [-0.1, -0.05) is 18.2 Å². The van der Waals surface area contributed by atoms with Crippen molar-refractivity contribution in [1.29, 1.82) is 0 Å². The second-order valence-electron chi connectivity index (χ2n) is 6.09. The van der Waals surface area contributed by atoms with E-state index in [2.05, 4.69) is 46.7 Å². The summed E-state index contributed by atoms with van der Waals surface area (Å²) in [6.07, 6.45) is 3.88. The number of para-hydroxylation sites is 1. The zero-order valence-corrected chi connectivity index (χ0v) is 17.7. The molecule has 1 atom stereocenters. The third-order valence-electron chi connectivity index (χ3n) is 3.93. The standard InChI is InChI=1S/C19H25N5O.HI/c1-4-20-19(21-9-10-24-13-14(2)12-22-24)23-15(3)18-11-16-7-5-6-8-17(16)25-18;/h5-8,11-13,15H,4,9-10H2,1-3H3,(H2,20,21,23);1H. The van der Waals surface area contributed by atoms with E-state index in [0.717, 1.165) is 41.3 Å². The number of aliphatic imine (C=N–C) groups is 1. The molecule has 0 amide bonds. The molecule has 0 saturated heterocycles. The number of fused-ring (bicyclic) bond motifs is 1. The summed E-state index contributed by atoms with van der Waals surface area (Å²) in [6.45, 7) is 8.38. The molecule has 0 spiro atoms. The fraction of sp³-hybridized carbons (Fsp3) is 0.368. The number of halogens is 1. The highest BCUT2D eigenvalue weighted by Crippen LogP contribution is 2.23. The van der Waals surface area contributed by atoms with Gasteiger partial charge in [-0.25, -0.2) is 0 Å². The predicted octanol–water partition coefficient (Wildman–Crippen LogP) is 3.87. The lowest BCUT2D eigenvalue weighted by Gasteiger charge is -2.16. The number of hydrogen-bond acceptors (Lipinski definition) is 3. The maximum absolute atomic E-state index is 5.93. The van der Waals surface area contributed by atoms with Crippen LogP contribution < -0.4 is 10.6 Å². The Morgan fingerprint density at radius 3 is 2.85 bits per heavy atom. The number of rotatable bonds is 6. The minimum atomic E-state index is 0. The van der Waals surface area contributed by atoms with Crippen molar-refractivity contribution in [2.24, 2.45) is 4.99 Å². The largest absolute Gasteiger partial charge is 0.459 e. The Labute approximate surface area is 171 Å². The molecule has 0 radical (unpaired) electrons. The lowest BCUT2D eigenvalue weighted by Crippen LogP contribution is -2.38. The van der Waals surface area contributed by atoms with Crippen molar-refractivity contribution in [3.8, 4) is 0 Å². The molecule has 0 aliphatic heterocycles. The highest BCUT2D eigenvalue weighted by molar-refractivity contribution is 14.0. The van der Waals surface area contributed by atoms with Gasteiger partial charge in [0.2, 0.25) is 0 Å². The number of guanidine groups is 1. The van der Waals surface area contributed by atoms with Crippen molar-refractivity contribution < 1.29 is 4.42 Å². The lowest BCUT2D eigenvalue weighted by atomic mass is 10.2. The summed E-state index contributed by atoms with van der Waals surface area (Å²) < 4.78 is 7.83. The minimum Gasteiger partial charge on any atom is -0.459 e. The van der Waals surface area contributed by atoms with Crippen LogP contribution in [0.2, 0.25) is 0 Å². The van der Waals surface area contributed by atoms with Crippen molar-refractivity contribution >= 4 is 40.9 Å². The lowest BCUT2D eigenvalue weighted by molar-refractivity contribution is 0.488. The van der Waals surface area contributed by atoms with Gasteiger partial charge in [-0.3, -0.25) is 9.67 Å². The Kier molecular flexibility index (Phi) is 7.50. The summed E-state index contributed by atoms with van der Waals surface area (Å²) in [5.41, 5.74) is 2.06. The molecule has 0 aliphatic rings. The highest BCUT2D eigenvalue weighted by Gasteiger charge is 2.12. The van der Waals surface area contributed by atoms with Gasteiger partial charge in [-0.05, 0) is 38.5 Å². The minimum absolute atomic E-state index is 0. The van der Waals surface area contributed by atoms with Crippen LogP contribution in [0.5, 0.6) is 0 Å². The first-order valence-electron chi connectivity index (χ1n) is 8.68. The van der Waals surface area contributed by atoms with Gasteiger partial charge in [0.1, 0.15) is 11.3 Å². The van der Waals surface area contributed by atoms with Gasteiger partial charge in [0.15, 0.2) is 5.96 Å². The van der Waals surface area contributed by atoms with Gasteiger partial charge in [-0.15, -0.1) is 24.0 Å². The molecule has 26 heavy (non-hydrogen) atoms. The Morgan fingerprint density at radius 1 is 1.35 bits per heavy atom. The Hall–Kier alpha value is -2.03. The van der Waals surface area contributed by atoms with E-state index >= 15 is 0 Å². The molecule has 140 valence electrons. The van der Waals surface area contributed by atoms with Crippen molar-refractivity contribution in [2.75, 3.05) is 13.1 Å². The predicted molar refractivity (Wildman–Crippen MR) is 116 cm³/mol. The summed E-state index contributed by atoms with van der Waals surface area (Å²) in [5, 5.41) is 12.1. The highest BCUT2D eigenvalue weighted by atomic mass is 127. The molecule has 3 rings (SSSR count). The Balaban J connectivity index is 0.00000243. The molecule has 2 N–H and O–H groups in total. The number of nitrogens with zero attached hydrogens (tertiary/aromatic N) is 3. The number of aromatic nitrogens is 2. The summed E-state index contributed by atoms with van der Waals surface area (Å²) in [6, 6.07) is 10.1. The first kappa shape index (κ1) is 20.3. The third kappa shape index (κ3) is 5.23. The molecular weight excluding hydrogens is 441 g/mol. The molecule has 0 fully saturated rings. The van der Waals surface area contributed by atoms with E-state index in [1.54, 1.807) is 0 Å². The van der Waals surface area contributed by atoms with Crippen LogP contribution in [-0.4, -0.2) is 28.8 Å². The maximum Gasteiger partial charge on any atom is 0.191 e.